The molecular formula is C18H17ClN2O5S. The maximum atomic E-state index is 12.3. The van der Waals surface area contributed by atoms with Crippen LogP contribution in [0.1, 0.15) is 12.0 Å². The second kappa shape index (κ2) is 8.08. The van der Waals surface area contributed by atoms with Gasteiger partial charge in [-0.15, -0.1) is 0 Å². The van der Waals surface area contributed by atoms with Gasteiger partial charge in [0.1, 0.15) is 6.04 Å². The van der Waals surface area contributed by atoms with Crippen molar-refractivity contribution in [3.63, 3.8) is 0 Å². The van der Waals surface area contributed by atoms with Gasteiger partial charge in [0.2, 0.25) is 15.9 Å². The first kappa shape index (κ1) is 19.3. The highest BCUT2D eigenvalue weighted by atomic mass is 35.5. The molecule has 1 aliphatic rings. The Bertz CT molecular complexity index is 960. The highest BCUT2D eigenvalue weighted by molar-refractivity contribution is 7.89. The number of ether oxygens (including phenoxy) is 1. The lowest BCUT2D eigenvalue weighted by molar-refractivity contribution is -0.139. The summed E-state index contributed by atoms with van der Waals surface area (Å²) in [5, 5.41) is 3.19. The van der Waals surface area contributed by atoms with E-state index in [1.165, 1.54) is 24.3 Å². The van der Waals surface area contributed by atoms with Crippen molar-refractivity contribution in [1.82, 2.24) is 4.72 Å². The number of carbonyl (C=O) groups excluding carboxylic acids is 2. The fourth-order valence-electron chi connectivity index (χ4n) is 2.60. The second-order valence-corrected chi connectivity index (χ2v) is 8.09. The molecule has 1 heterocycles. The van der Waals surface area contributed by atoms with Gasteiger partial charge in [-0.2, -0.15) is 4.72 Å². The van der Waals surface area contributed by atoms with Crippen molar-refractivity contribution in [3.8, 4) is 0 Å². The summed E-state index contributed by atoms with van der Waals surface area (Å²) in [6, 6.07) is 11.8. The Morgan fingerprint density at radius 3 is 2.48 bits per heavy atom. The number of esters is 1. The lowest BCUT2D eigenvalue weighted by Crippen LogP contribution is -2.37. The lowest BCUT2D eigenvalue weighted by Gasteiger charge is -2.11. The zero-order valence-electron chi connectivity index (χ0n) is 14.1. The van der Waals surface area contributed by atoms with E-state index in [0.717, 1.165) is 0 Å². The lowest BCUT2D eigenvalue weighted by atomic mass is 10.1. The number of hydrogen-bond acceptors (Lipinski definition) is 5. The number of nitrogens with one attached hydrogen (secondary N) is 2. The van der Waals surface area contributed by atoms with Gasteiger partial charge in [-0.1, -0.05) is 29.8 Å². The van der Waals surface area contributed by atoms with Crippen LogP contribution in [0.2, 0.25) is 5.02 Å². The van der Waals surface area contributed by atoms with Crippen LogP contribution in [-0.2, 0) is 30.8 Å². The number of halogens is 1. The molecule has 0 unspecified atom stereocenters. The van der Waals surface area contributed by atoms with E-state index in [4.69, 9.17) is 16.3 Å². The number of anilines is 1. The third kappa shape index (κ3) is 4.85. The van der Waals surface area contributed by atoms with Crippen LogP contribution in [0.5, 0.6) is 0 Å². The van der Waals surface area contributed by atoms with Crippen LogP contribution in [0.4, 0.5) is 5.69 Å². The first-order valence-corrected chi connectivity index (χ1v) is 10.0. The number of amides is 1. The summed E-state index contributed by atoms with van der Waals surface area (Å²) >= 11 is 6.04. The second-order valence-electron chi connectivity index (χ2n) is 5.97. The topological polar surface area (TPSA) is 102 Å². The van der Waals surface area contributed by atoms with Gasteiger partial charge in [0.25, 0.3) is 0 Å². The van der Waals surface area contributed by atoms with Crippen LogP contribution in [0.25, 0.3) is 0 Å². The Morgan fingerprint density at radius 2 is 1.85 bits per heavy atom. The van der Waals surface area contributed by atoms with Crippen molar-refractivity contribution in [1.29, 1.82) is 0 Å². The van der Waals surface area contributed by atoms with Gasteiger partial charge in [0.15, 0.2) is 0 Å². The van der Waals surface area contributed by atoms with Crippen molar-refractivity contribution in [2.24, 2.45) is 0 Å². The van der Waals surface area contributed by atoms with E-state index in [-0.39, 0.29) is 23.8 Å². The SMILES string of the molecule is O=C(Cc1ccccc1Cl)Nc1ccc(S(=O)(=O)N[C@H]2CCOC2=O)cc1. The molecule has 0 bridgehead atoms. The minimum absolute atomic E-state index is 0.00805. The summed E-state index contributed by atoms with van der Waals surface area (Å²) in [7, 11) is -3.86. The minimum atomic E-state index is -3.86. The molecule has 1 fully saturated rings. The summed E-state index contributed by atoms with van der Waals surface area (Å²) in [4.78, 5) is 23.5. The fourth-order valence-corrected chi connectivity index (χ4v) is 4.02. The Hall–Kier alpha value is -2.42. The molecule has 1 atom stereocenters. The minimum Gasteiger partial charge on any atom is -0.464 e. The molecule has 1 aliphatic heterocycles. The van der Waals surface area contributed by atoms with Crippen LogP contribution in [0.3, 0.4) is 0 Å². The predicted molar refractivity (Wildman–Crippen MR) is 99.9 cm³/mol. The molecule has 27 heavy (non-hydrogen) atoms. The van der Waals surface area contributed by atoms with Crippen molar-refractivity contribution in [3.05, 3.63) is 59.1 Å². The molecule has 2 aromatic carbocycles. The monoisotopic (exact) mass is 408 g/mol. The third-order valence-electron chi connectivity index (χ3n) is 3.99. The molecule has 0 spiro atoms. The van der Waals surface area contributed by atoms with Crippen molar-refractivity contribution in [2.75, 3.05) is 11.9 Å². The molecule has 1 saturated heterocycles. The highest BCUT2D eigenvalue weighted by Gasteiger charge is 2.31. The van der Waals surface area contributed by atoms with E-state index >= 15 is 0 Å². The van der Waals surface area contributed by atoms with Crippen LogP contribution >= 0.6 is 11.6 Å². The van der Waals surface area contributed by atoms with Gasteiger partial charge >= 0.3 is 5.97 Å². The number of rotatable bonds is 6. The first-order chi connectivity index (χ1) is 12.8. The molecule has 9 heteroatoms. The Labute approximate surface area is 161 Å². The molecule has 2 N–H and O–H groups in total. The molecule has 142 valence electrons. The average Bonchev–Trinajstić information content (AvgIpc) is 3.01. The van der Waals surface area contributed by atoms with E-state index in [9.17, 15) is 18.0 Å². The molecule has 3 rings (SSSR count). The standard InChI is InChI=1S/C18H17ClN2O5S/c19-15-4-2-1-3-12(15)11-17(22)20-13-5-7-14(8-6-13)27(24,25)21-16-9-10-26-18(16)23/h1-8,16,21H,9-11H2,(H,20,22)/t16-/m0/s1. The van der Waals surface area contributed by atoms with Crippen LogP contribution in [-0.4, -0.2) is 32.9 Å². The Kier molecular flexibility index (Phi) is 5.79. The molecular weight excluding hydrogens is 392 g/mol. The molecule has 0 aliphatic carbocycles. The smallest absolute Gasteiger partial charge is 0.324 e. The Morgan fingerprint density at radius 1 is 1.15 bits per heavy atom. The van der Waals surface area contributed by atoms with Gasteiger partial charge in [-0.3, -0.25) is 9.59 Å². The van der Waals surface area contributed by atoms with Crippen molar-refractivity contribution < 1.29 is 22.7 Å². The van der Waals surface area contributed by atoms with Gasteiger partial charge < -0.3 is 10.1 Å². The number of cyclic esters (lactones) is 1. The number of carbonyl (C=O) groups is 2. The average molecular weight is 409 g/mol. The van der Waals surface area contributed by atoms with E-state index in [1.54, 1.807) is 24.3 Å². The van der Waals surface area contributed by atoms with E-state index in [1.807, 2.05) is 0 Å². The van der Waals surface area contributed by atoms with E-state index < -0.39 is 22.0 Å². The number of hydrogen-bond donors (Lipinski definition) is 2. The number of sulfonamides is 1. The van der Waals surface area contributed by atoms with Crippen molar-refractivity contribution in [2.45, 2.75) is 23.8 Å². The molecule has 1 amide bonds. The largest absolute Gasteiger partial charge is 0.464 e. The molecule has 0 radical (unpaired) electrons. The maximum absolute atomic E-state index is 12.3. The Balaban J connectivity index is 1.63. The zero-order chi connectivity index (χ0) is 19.4. The first-order valence-electron chi connectivity index (χ1n) is 8.17. The molecule has 0 aromatic heterocycles. The van der Waals surface area contributed by atoms with Crippen LogP contribution in [0.15, 0.2) is 53.4 Å². The summed E-state index contributed by atoms with van der Waals surface area (Å²) in [5.74, 6) is -0.854. The summed E-state index contributed by atoms with van der Waals surface area (Å²) < 4.78 is 31.7. The predicted octanol–water partition coefficient (Wildman–Crippen LogP) is 2.12. The quantitative estimate of drug-likeness (QED) is 0.713. The van der Waals surface area contributed by atoms with Gasteiger partial charge in [0.05, 0.1) is 17.9 Å². The van der Waals surface area contributed by atoms with Gasteiger partial charge in [-0.05, 0) is 35.9 Å². The molecule has 7 nitrogen and oxygen atoms in total. The summed E-state index contributed by atoms with van der Waals surface area (Å²) in [6.45, 7) is 0.197. The van der Waals surface area contributed by atoms with Crippen molar-refractivity contribution >= 4 is 39.2 Å². The number of benzene rings is 2. The van der Waals surface area contributed by atoms with Crippen LogP contribution < -0.4 is 10.0 Å². The van der Waals surface area contributed by atoms with Gasteiger partial charge in [-0.25, -0.2) is 8.42 Å². The highest BCUT2D eigenvalue weighted by Crippen LogP contribution is 2.18. The summed E-state index contributed by atoms with van der Waals surface area (Å²) in [5.41, 5.74) is 1.15. The zero-order valence-corrected chi connectivity index (χ0v) is 15.7. The van der Waals surface area contributed by atoms with E-state index in [2.05, 4.69) is 10.0 Å². The van der Waals surface area contributed by atoms with E-state index in [0.29, 0.717) is 22.7 Å². The molecule has 0 saturated carbocycles. The van der Waals surface area contributed by atoms with Crippen LogP contribution in [0, 0.1) is 0 Å². The third-order valence-corrected chi connectivity index (χ3v) is 5.85. The summed E-state index contributed by atoms with van der Waals surface area (Å²) in [6.07, 6.45) is 0.402. The maximum Gasteiger partial charge on any atom is 0.324 e. The normalized spacial score (nSPS) is 16.8. The van der Waals surface area contributed by atoms with Gasteiger partial charge in [0, 0.05) is 17.1 Å². The molecule has 2 aromatic rings. The fraction of sp³-hybridized carbons (Fsp3) is 0.222.